The van der Waals surface area contributed by atoms with Crippen molar-refractivity contribution < 1.29 is 27.0 Å². The monoisotopic (exact) mass is 502 g/mol. The molecule has 0 radical (unpaired) electrons. The summed E-state index contributed by atoms with van der Waals surface area (Å²) in [5.74, 6) is -2.13. The van der Waals surface area contributed by atoms with Crippen molar-refractivity contribution in [2.75, 3.05) is 13.2 Å². The van der Waals surface area contributed by atoms with Gasteiger partial charge in [-0.3, -0.25) is 0 Å². The van der Waals surface area contributed by atoms with Gasteiger partial charge in [0, 0.05) is 11.5 Å². The number of hydrogen-bond donors (Lipinski definition) is 0. The second-order valence-electron chi connectivity index (χ2n) is 10.8. The van der Waals surface area contributed by atoms with Crippen LogP contribution in [0.15, 0.2) is 43.0 Å². The molecule has 6 heteroatoms. The molecule has 194 valence electrons. The van der Waals surface area contributed by atoms with Gasteiger partial charge in [-0.05, 0) is 104 Å². The van der Waals surface area contributed by atoms with Crippen LogP contribution in [0.5, 0.6) is 0 Å². The highest BCUT2D eigenvalue weighted by atomic mass is 19.2. The highest BCUT2D eigenvalue weighted by Gasteiger charge is 2.33. The number of ether oxygens (including phenoxy) is 2. The van der Waals surface area contributed by atoms with E-state index >= 15 is 4.39 Å². The normalized spacial score (nSPS) is 31.2. The quantitative estimate of drug-likeness (QED) is 0.232. The van der Waals surface area contributed by atoms with Crippen molar-refractivity contribution in [3.63, 3.8) is 0 Å². The van der Waals surface area contributed by atoms with Crippen LogP contribution in [-0.2, 0) is 9.47 Å². The largest absolute Gasteiger partial charge is 0.348 e. The van der Waals surface area contributed by atoms with Gasteiger partial charge in [0.15, 0.2) is 23.7 Å². The molecule has 3 fully saturated rings. The van der Waals surface area contributed by atoms with E-state index in [1.165, 1.54) is 0 Å². The van der Waals surface area contributed by atoms with Crippen molar-refractivity contribution in [1.82, 2.24) is 0 Å². The van der Waals surface area contributed by atoms with Crippen molar-refractivity contribution in [3.8, 4) is 0 Å². The molecule has 2 saturated carbocycles. The highest BCUT2D eigenvalue weighted by Crippen LogP contribution is 2.46. The molecule has 1 aliphatic heterocycles. The van der Waals surface area contributed by atoms with Crippen LogP contribution in [0.4, 0.5) is 17.6 Å². The molecule has 0 atom stereocenters. The van der Waals surface area contributed by atoms with E-state index in [9.17, 15) is 13.2 Å². The Morgan fingerprint density at radius 1 is 0.667 bits per heavy atom. The average Bonchev–Trinajstić information content (AvgIpc) is 2.92. The first-order valence-corrected chi connectivity index (χ1v) is 13.2. The summed E-state index contributed by atoms with van der Waals surface area (Å²) in [5, 5.41) is 0. The van der Waals surface area contributed by atoms with Crippen LogP contribution in [0, 0.1) is 41.0 Å². The fraction of sp³-hybridized carbons (Fsp3) is 0.533. The third kappa shape index (κ3) is 5.40. The third-order valence-electron chi connectivity index (χ3n) is 8.68. The molecule has 36 heavy (non-hydrogen) atoms. The zero-order valence-electron chi connectivity index (χ0n) is 20.5. The van der Waals surface area contributed by atoms with Crippen LogP contribution in [0.3, 0.4) is 0 Å². The van der Waals surface area contributed by atoms with E-state index in [0.29, 0.717) is 36.2 Å². The van der Waals surface area contributed by atoms with Gasteiger partial charge in [0.05, 0.1) is 13.2 Å². The molecular formula is C30H34F4O2. The predicted octanol–water partition coefficient (Wildman–Crippen LogP) is 8.34. The minimum atomic E-state index is -1.40. The number of halogens is 4. The predicted molar refractivity (Wildman–Crippen MR) is 130 cm³/mol. The van der Waals surface area contributed by atoms with Crippen LogP contribution in [0.25, 0.3) is 0 Å². The fourth-order valence-corrected chi connectivity index (χ4v) is 6.50. The van der Waals surface area contributed by atoms with Gasteiger partial charge in [-0.15, -0.1) is 6.58 Å². The van der Waals surface area contributed by atoms with Crippen LogP contribution in [0.1, 0.15) is 86.2 Å². The molecule has 0 bridgehead atoms. The Morgan fingerprint density at radius 3 is 1.72 bits per heavy atom. The SMILES string of the molecule is C=CC1COC(c2ccc(C3CCC(C4CCC(c5cc(F)c(F)c(F)c5)CC4)CC3)c(F)c2)OC1. The summed E-state index contributed by atoms with van der Waals surface area (Å²) in [6.07, 6.45) is 9.11. The molecule has 3 aliphatic rings. The maximum absolute atomic E-state index is 15.1. The van der Waals surface area contributed by atoms with E-state index in [-0.39, 0.29) is 23.6 Å². The maximum atomic E-state index is 15.1. The molecule has 0 N–H and O–H groups in total. The molecule has 0 aromatic heterocycles. The number of rotatable bonds is 5. The van der Waals surface area contributed by atoms with E-state index in [0.717, 1.165) is 69.1 Å². The van der Waals surface area contributed by atoms with Gasteiger partial charge in [-0.2, -0.15) is 0 Å². The highest BCUT2D eigenvalue weighted by molar-refractivity contribution is 5.29. The zero-order valence-corrected chi connectivity index (χ0v) is 20.5. The van der Waals surface area contributed by atoms with Gasteiger partial charge >= 0.3 is 0 Å². The van der Waals surface area contributed by atoms with Crippen LogP contribution in [0.2, 0.25) is 0 Å². The van der Waals surface area contributed by atoms with Crippen molar-refractivity contribution >= 4 is 0 Å². The lowest BCUT2D eigenvalue weighted by Crippen LogP contribution is -2.26. The Hall–Kier alpha value is -2.18. The Labute approximate surface area is 210 Å². The van der Waals surface area contributed by atoms with Crippen LogP contribution < -0.4 is 0 Å². The molecule has 2 nitrogen and oxygen atoms in total. The Kier molecular flexibility index (Phi) is 7.82. The molecule has 1 heterocycles. The second kappa shape index (κ2) is 11.1. The summed E-state index contributed by atoms with van der Waals surface area (Å²) in [6.45, 7) is 4.82. The molecule has 2 aromatic carbocycles. The van der Waals surface area contributed by atoms with Gasteiger partial charge < -0.3 is 9.47 Å². The first kappa shape index (κ1) is 25.5. The first-order chi connectivity index (χ1) is 17.4. The number of hydrogen-bond acceptors (Lipinski definition) is 2. The summed E-state index contributed by atoms with van der Waals surface area (Å²) >= 11 is 0. The molecule has 1 saturated heterocycles. The molecule has 5 rings (SSSR count). The zero-order chi connectivity index (χ0) is 25.2. The van der Waals surface area contributed by atoms with Gasteiger partial charge in [0.1, 0.15) is 5.82 Å². The molecule has 0 spiro atoms. The van der Waals surface area contributed by atoms with Gasteiger partial charge in [-0.1, -0.05) is 18.2 Å². The van der Waals surface area contributed by atoms with Crippen molar-refractivity contribution in [1.29, 1.82) is 0 Å². The molecule has 2 aliphatic carbocycles. The van der Waals surface area contributed by atoms with E-state index < -0.39 is 23.7 Å². The Balaban J connectivity index is 1.13. The third-order valence-corrected chi connectivity index (χ3v) is 8.68. The second-order valence-corrected chi connectivity index (χ2v) is 10.8. The topological polar surface area (TPSA) is 18.5 Å². The first-order valence-electron chi connectivity index (χ1n) is 13.2. The Morgan fingerprint density at radius 2 is 1.19 bits per heavy atom. The van der Waals surface area contributed by atoms with Crippen LogP contribution in [-0.4, -0.2) is 13.2 Å². The number of benzene rings is 2. The minimum Gasteiger partial charge on any atom is -0.348 e. The van der Waals surface area contributed by atoms with Crippen LogP contribution >= 0.6 is 0 Å². The van der Waals surface area contributed by atoms with Gasteiger partial charge in [-0.25, -0.2) is 17.6 Å². The van der Waals surface area contributed by atoms with Gasteiger partial charge in [0.2, 0.25) is 0 Å². The molecule has 0 unspecified atom stereocenters. The Bertz CT molecular complexity index is 1040. The van der Waals surface area contributed by atoms with E-state index in [4.69, 9.17) is 9.47 Å². The van der Waals surface area contributed by atoms with Crippen molar-refractivity contribution in [3.05, 3.63) is 82.9 Å². The maximum Gasteiger partial charge on any atom is 0.194 e. The molecule has 0 amide bonds. The summed E-state index contributed by atoms with van der Waals surface area (Å²) < 4.78 is 67.1. The summed E-state index contributed by atoms with van der Waals surface area (Å²) in [5.41, 5.74) is 2.06. The van der Waals surface area contributed by atoms with E-state index in [2.05, 4.69) is 6.58 Å². The van der Waals surface area contributed by atoms with E-state index in [1.54, 1.807) is 6.07 Å². The van der Waals surface area contributed by atoms with Gasteiger partial charge in [0.25, 0.3) is 0 Å². The van der Waals surface area contributed by atoms with E-state index in [1.807, 2.05) is 18.2 Å². The minimum absolute atomic E-state index is 0.0783. The lowest BCUT2D eigenvalue weighted by molar-refractivity contribution is -0.197. The lowest BCUT2D eigenvalue weighted by atomic mass is 9.67. The lowest BCUT2D eigenvalue weighted by Gasteiger charge is -2.38. The smallest absolute Gasteiger partial charge is 0.194 e. The summed E-state index contributed by atoms with van der Waals surface area (Å²) in [7, 11) is 0. The van der Waals surface area contributed by atoms with Crippen molar-refractivity contribution in [2.24, 2.45) is 17.8 Å². The summed E-state index contributed by atoms with van der Waals surface area (Å²) in [6, 6.07) is 7.68. The molecule has 2 aromatic rings. The molecular weight excluding hydrogens is 468 g/mol. The average molecular weight is 503 g/mol. The fourth-order valence-electron chi connectivity index (χ4n) is 6.50. The standard InChI is InChI=1S/C30H34F4O2/c1-2-18-16-35-30(36-17-18)23-11-12-25(26(31)13-23)22-9-7-20(8-10-22)19-3-5-21(6-4-19)24-14-27(32)29(34)28(33)15-24/h2,11-15,18-22,30H,1,3-10,16-17H2. The van der Waals surface area contributed by atoms with Crippen molar-refractivity contribution in [2.45, 2.75) is 69.5 Å². The summed E-state index contributed by atoms with van der Waals surface area (Å²) in [4.78, 5) is 0.